The number of hydrogen-bond acceptors (Lipinski definition) is 9. The molecule has 1 amide bonds. The molecule has 36 heavy (non-hydrogen) atoms. The third-order valence-electron chi connectivity index (χ3n) is 5.59. The number of nitrogens with one attached hydrogen (secondary N) is 2. The Hall–Kier alpha value is -3.00. The van der Waals surface area contributed by atoms with E-state index in [9.17, 15) is 23.1 Å². The maximum absolute atomic E-state index is 13.1. The van der Waals surface area contributed by atoms with E-state index in [1.807, 2.05) is 0 Å². The quantitative estimate of drug-likeness (QED) is 0.317. The minimum atomic E-state index is -4.63. The van der Waals surface area contributed by atoms with Crippen LogP contribution in [-0.4, -0.2) is 44.0 Å². The smallest absolute Gasteiger partial charge is 0.383 e. The van der Waals surface area contributed by atoms with Gasteiger partial charge in [-0.1, -0.05) is 11.6 Å². The number of aliphatic hydroxyl groups is 1. The summed E-state index contributed by atoms with van der Waals surface area (Å²) >= 11 is 6.72. The molecule has 9 nitrogen and oxygen atoms in total. The van der Waals surface area contributed by atoms with Crippen LogP contribution in [0, 0.1) is 0 Å². The van der Waals surface area contributed by atoms with Crippen LogP contribution in [0.15, 0.2) is 30.7 Å². The van der Waals surface area contributed by atoms with E-state index in [-0.39, 0.29) is 23.7 Å². The van der Waals surface area contributed by atoms with Crippen LogP contribution in [0.1, 0.15) is 50.6 Å². The third kappa shape index (κ3) is 6.22. The Morgan fingerprint density at radius 1 is 1.25 bits per heavy atom. The van der Waals surface area contributed by atoms with Gasteiger partial charge in [-0.15, -0.1) is 11.3 Å². The fourth-order valence-electron chi connectivity index (χ4n) is 3.78. The number of nitrogens with two attached hydrogens (primary N) is 1. The van der Waals surface area contributed by atoms with Crippen LogP contribution in [-0.2, 0) is 19.3 Å². The number of aromatic nitrogens is 3. The number of thiazole rings is 1. The lowest BCUT2D eigenvalue weighted by Crippen LogP contribution is -2.28. The molecule has 1 unspecified atom stereocenters. The molecule has 0 bridgehead atoms. The van der Waals surface area contributed by atoms with Gasteiger partial charge in [-0.25, -0.2) is 15.0 Å². The Morgan fingerprint density at radius 3 is 2.72 bits per heavy atom. The van der Waals surface area contributed by atoms with Gasteiger partial charge in [0.2, 0.25) is 0 Å². The topological polar surface area (TPSA) is 129 Å². The van der Waals surface area contributed by atoms with Crippen molar-refractivity contribution >= 4 is 40.4 Å². The van der Waals surface area contributed by atoms with E-state index in [0.717, 1.165) is 49.4 Å². The second kappa shape index (κ2) is 10.9. The van der Waals surface area contributed by atoms with Crippen molar-refractivity contribution in [1.29, 1.82) is 0 Å². The number of carbonyl (C=O) groups excluding carboxylic acids is 1. The molecule has 14 heteroatoms. The SMILES string of the molecule is Nc1ncnc(C(=O)NCc2ncc(C(O)Nc3ccc(Cl)c(C(F)(F)F)c3)s2)c1CN1CCCC1. The largest absolute Gasteiger partial charge is 0.417 e. The molecule has 0 aliphatic carbocycles. The molecule has 192 valence electrons. The molecule has 0 spiro atoms. The summed E-state index contributed by atoms with van der Waals surface area (Å²) in [7, 11) is 0. The Bertz CT molecular complexity index is 1230. The first-order chi connectivity index (χ1) is 17.1. The van der Waals surface area contributed by atoms with Gasteiger partial charge >= 0.3 is 6.18 Å². The zero-order valence-electron chi connectivity index (χ0n) is 18.8. The van der Waals surface area contributed by atoms with Crippen molar-refractivity contribution in [2.75, 3.05) is 24.1 Å². The van der Waals surface area contributed by atoms with Gasteiger partial charge in [-0.3, -0.25) is 9.69 Å². The monoisotopic (exact) mass is 541 g/mol. The number of alkyl halides is 3. The molecule has 1 atom stereocenters. The van der Waals surface area contributed by atoms with Gasteiger partial charge in [-0.2, -0.15) is 13.2 Å². The highest BCUT2D eigenvalue weighted by atomic mass is 35.5. The van der Waals surface area contributed by atoms with Crippen molar-refractivity contribution in [1.82, 2.24) is 25.2 Å². The fourth-order valence-corrected chi connectivity index (χ4v) is 4.80. The standard InChI is InChI=1S/C22H23ClF3N7O2S/c23-15-4-3-12(7-14(15)22(24,25)26)32-20(34)16-8-28-17(36-16)9-29-21(35)18-13(19(27)31-11-30-18)10-33-5-1-2-6-33/h3-4,7-8,11,20,32,34H,1-2,5-6,9-10H2,(H,29,35)(H2,27,30,31). The van der Waals surface area contributed by atoms with Gasteiger partial charge in [-0.05, 0) is 44.1 Å². The van der Waals surface area contributed by atoms with Crippen LogP contribution in [0.25, 0.3) is 0 Å². The zero-order valence-corrected chi connectivity index (χ0v) is 20.4. The Labute approximate surface area is 213 Å². The number of halogens is 4. The van der Waals surface area contributed by atoms with E-state index >= 15 is 0 Å². The molecule has 1 aliphatic heterocycles. The summed E-state index contributed by atoms with van der Waals surface area (Å²) in [4.78, 5) is 27.7. The van der Waals surface area contributed by atoms with E-state index in [1.165, 1.54) is 18.6 Å². The van der Waals surface area contributed by atoms with E-state index in [1.54, 1.807) is 0 Å². The molecule has 0 radical (unpaired) electrons. The van der Waals surface area contributed by atoms with E-state index in [2.05, 4.69) is 30.5 Å². The maximum atomic E-state index is 13.1. The fraction of sp³-hybridized carbons (Fsp3) is 0.364. The lowest BCUT2D eigenvalue weighted by molar-refractivity contribution is -0.137. The first-order valence-electron chi connectivity index (χ1n) is 11.0. The molecular weight excluding hydrogens is 519 g/mol. The van der Waals surface area contributed by atoms with Crippen molar-refractivity contribution < 1.29 is 23.1 Å². The second-order valence-corrected chi connectivity index (χ2v) is 9.70. The molecular formula is C22H23ClF3N7O2S. The molecule has 1 aliphatic rings. The first kappa shape index (κ1) is 26.1. The highest BCUT2D eigenvalue weighted by Crippen LogP contribution is 2.37. The summed E-state index contributed by atoms with van der Waals surface area (Å²) in [6, 6.07) is 3.25. The third-order valence-corrected chi connectivity index (χ3v) is 6.97. The summed E-state index contributed by atoms with van der Waals surface area (Å²) in [6.45, 7) is 2.38. The molecule has 1 fully saturated rings. The average molecular weight is 542 g/mol. The minimum Gasteiger partial charge on any atom is -0.383 e. The number of nitrogen functional groups attached to an aromatic ring is 1. The van der Waals surface area contributed by atoms with Crippen LogP contribution in [0.5, 0.6) is 0 Å². The number of amides is 1. The van der Waals surface area contributed by atoms with Gasteiger partial charge in [0.25, 0.3) is 5.91 Å². The number of aliphatic hydroxyl groups excluding tert-OH is 1. The first-order valence-corrected chi connectivity index (χ1v) is 12.2. The number of likely N-dealkylation sites (tertiary alicyclic amines) is 1. The van der Waals surface area contributed by atoms with Crippen LogP contribution in [0.3, 0.4) is 0 Å². The Kier molecular flexibility index (Phi) is 7.93. The van der Waals surface area contributed by atoms with Crippen molar-refractivity contribution in [3.8, 4) is 0 Å². The number of benzene rings is 1. The van der Waals surface area contributed by atoms with Crippen molar-refractivity contribution in [2.24, 2.45) is 0 Å². The molecule has 2 aromatic heterocycles. The summed E-state index contributed by atoms with van der Waals surface area (Å²) < 4.78 is 39.2. The molecule has 1 saturated heterocycles. The van der Waals surface area contributed by atoms with Crippen LogP contribution in [0.4, 0.5) is 24.7 Å². The summed E-state index contributed by atoms with van der Waals surface area (Å²) in [6.07, 6.45) is -1.15. The maximum Gasteiger partial charge on any atom is 0.417 e. The number of anilines is 2. The number of rotatable bonds is 8. The lowest BCUT2D eigenvalue weighted by Gasteiger charge is -2.17. The van der Waals surface area contributed by atoms with Crippen LogP contribution in [0.2, 0.25) is 5.02 Å². The summed E-state index contributed by atoms with van der Waals surface area (Å²) in [5.74, 6) is -0.182. The highest BCUT2D eigenvalue weighted by Gasteiger charge is 2.33. The lowest BCUT2D eigenvalue weighted by atomic mass is 10.2. The van der Waals surface area contributed by atoms with Gasteiger partial charge in [0.05, 0.1) is 22.0 Å². The van der Waals surface area contributed by atoms with E-state index in [4.69, 9.17) is 17.3 Å². The highest BCUT2D eigenvalue weighted by molar-refractivity contribution is 7.11. The predicted molar refractivity (Wildman–Crippen MR) is 129 cm³/mol. The van der Waals surface area contributed by atoms with E-state index in [0.29, 0.717) is 22.0 Å². The Balaban J connectivity index is 1.39. The van der Waals surface area contributed by atoms with Crippen LogP contribution >= 0.6 is 22.9 Å². The molecule has 1 aromatic carbocycles. The van der Waals surface area contributed by atoms with Crippen molar-refractivity contribution in [3.05, 3.63) is 62.5 Å². The Morgan fingerprint density at radius 2 is 2.00 bits per heavy atom. The normalized spacial score (nSPS) is 15.1. The molecule has 3 heterocycles. The molecule has 4 rings (SSSR count). The van der Waals surface area contributed by atoms with Gasteiger partial charge in [0, 0.05) is 24.0 Å². The number of nitrogens with zero attached hydrogens (tertiary/aromatic N) is 4. The predicted octanol–water partition coefficient (Wildman–Crippen LogP) is 3.82. The average Bonchev–Trinajstić information content (AvgIpc) is 3.51. The second-order valence-electron chi connectivity index (χ2n) is 8.15. The van der Waals surface area contributed by atoms with Crippen molar-refractivity contribution in [2.45, 2.75) is 38.3 Å². The van der Waals surface area contributed by atoms with Crippen molar-refractivity contribution in [3.63, 3.8) is 0 Å². The van der Waals surface area contributed by atoms with E-state index < -0.39 is 28.9 Å². The minimum absolute atomic E-state index is 0.0364. The molecule has 5 N–H and O–H groups in total. The number of hydrogen-bond donors (Lipinski definition) is 4. The van der Waals surface area contributed by atoms with Crippen LogP contribution < -0.4 is 16.4 Å². The summed E-state index contributed by atoms with van der Waals surface area (Å²) in [5, 5.41) is 15.8. The molecule has 3 aromatic rings. The zero-order chi connectivity index (χ0) is 25.9. The summed E-state index contributed by atoms with van der Waals surface area (Å²) in [5.41, 5.74) is 5.80. The van der Waals surface area contributed by atoms with Gasteiger partial charge in [0.1, 0.15) is 22.8 Å². The number of carbonyl (C=O) groups is 1. The van der Waals surface area contributed by atoms with Gasteiger partial charge < -0.3 is 21.5 Å². The molecule has 0 saturated carbocycles. The van der Waals surface area contributed by atoms with Gasteiger partial charge in [0.15, 0.2) is 6.23 Å².